The van der Waals surface area contributed by atoms with Crippen LogP contribution in [0.5, 0.6) is 0 Å². The fourth-order valence-electron chi connectivity index (χ4n) is 2.27. The molecule has 1 aliphatic heterocycles. The van der Waals surface area contributed by atoms with Gasteiger partial charge in [0.05, 0.1) is 0 Å². The number of hydrogen-bond donors (Lipinski definition) is 2. The number of nitrogens with one attached hydrogen (secondary N) is 2. The van der Waals surface area contributed by atoms with Gasteiger partial charge >= 0.3 is 0 Å². The third-order valence-electron chi connectivity index (χ3n) is 3.12. The van der Waals surface area contributed by atoms with Gasteiger partial charge in [0.15, 0.2) is 23.8 Å². The molecule has 1 aliphatic rings. The Hall–Kier alpha value is -0.180. The third kappa shape index (κ3) is 1.99. The fraction of sp³-hybridized carbons (Fsp3) is 1.00. The van der Waals surface area contributed by atoms with E-state index in [1.807, 2.05) is 0 Å². The molecule has 1 atom stereocenters. The SMILES string of the molecule is CNC1CCNCC1(S(C)(=O)=O)S(C)(=O)=O. The van der Waals surface area contributed by atoms with Gasteiger partial charge in [0, 0.05) is 25.1 Å². The highest BCUT2D eigenvalue weighted by Gasteiger charge is 2.56. The summed E-state index contributed by atoms with van der Waals surface area (Å²) in [7, 11) is -5.85. The van der Waals surface area contributed by atoms with E-state index in [1.54, 1.807) is 7.05 Å². The summed E-state index contributed by atoms with van der Waals surface area (Å²) >= 11 is 0. The predicted octanol–water partition coefficient (Wildman–Crippen LogP) is -1.65. The van der Waals surface area contributed by atoms with Crippen LogP contribution in [0.15, 0.2) is 0 Å². The van der Waals surface area contributed by atoms with E-state index in [0.29, 0.717) is 13.0 Å². The summed E-state index contributed by atoms with van der Waals surface area (Å²) in [6, 6.07) is -0.571. The van der Waals surface area contributed by atoms with Gasteiger partial charge in [-0.1, -0.05) is 0 Å². The highest BCUT2D eigenvalue weighted by atomic mass is 32.3. The van der Waals surface area contributed by atoms with Crippen LogP contribution in [0.4, 0.5) is 0 Å². The van der Waals surface area contributed by atoms with E-state index in [1.165, 1.54) is 0 Å². The van der Waals surface area contributed by atoms with Crippen LogP contribution in [-0.4, -0.2) is 59.6 Å². The van der Waals surface area contributed by atoms with Gasteiger partial charge in [0.2, 0.25) is 0 Å². The van der Waals surface area contributed by atoms with Crippen molar-refractivity contribution in [3.05, 3.63) is 0 Å². The molecule has 16 heavy (non-hydrogen) atoms. The van der Waals surface area contributed by atoms with Crippen molar-refractivity contribution in [3.63, 3.8) is 0 Å². The van der Waals surface area contributed by atoms with Crippen LogP contribution in [-0.2, 0) is 19.7 Å². The molecule has 6 nitrogen and oxygen atoms in total. The highest BCUT2D eigenvalue weighted by Crippen LogP contribution is 2.31. The second-order valence-corrected chi connectivity index (χ2v) is 8.97. The lowest BCUT2D eigenvalue weighted by molar-refractivity contribution is 0.368. The normalized spacial score (nSPS) is 26.6. The fourth-order valence-corrected chi connectivity index (χ4v) is 6.70. The van der Waals surface area contributed by atoms with Crippen molar-refractivity contribution in [2.24, 2.45) is 0 Å². The van der Waals surface area contributed by atoms with Crippen molar-refractivity contribution >= 4 is 19.7 Å². The Morgan fingerprint density at radius 3 is 2.00 bits per heavy atom. The second-order valence-electron chi connectivity index (χ2n) is 4.16. The molecule has 2 N–H and O–H groups in total. The molecule has 0 bridgehead atoms. The van der Waals surface area contributed by atoms with E-state index in [9.17, 15) is 16.8 Å². The van der Waals surface area contributed by atoms with Crippen LogP contribution in [0.2, 0.25) is 0 Å². The van der Waals surface area contributed by atoms with Gasteiger partial charge in [-0.15, -0.1) is 0 Å². The lowest BCUT2D eigenvalue weighted by atomic mass is 10.1. The zero-order valence-corrected chi connectivity index (χ0v) is 11.3. The topological polar surface area (TPSA) is 92.3 Å². The maximum absolute atomic E-state index is 11.9. The van der Waals surface area contributed by atoms with Crippen molar-refractivity contribution in [2.45, 2.75) is 16.5 Å². The van der Waals surface area contributed by atoms with E-state index in [0.717, 1.165) is 12.5 Å². The molecule has 0 saturated carbocycles. The molecule has 0 aliphatic carbocycles. The molecule has 1 saturated heterocycles. The largest absolute Gasteiger partial charge is 0.314 e. The summed E-state index contributed by atoms with van der Waals surface area (Å²) in [5.41, 5.74) is 0. The summed E-state index contributed by atoms with van der Waals surface area (Å²) < 4.78 is 45.7. The van der Waals surface area contributed by atoms with Crippen LogP contribution in [0.25, 0.3) is 0 Å². The molecule has 0 aromatic carbocycles. The molecular weight excluding hydrogens is 252 g/mol. The van der Waals surface area contributed by atoms with Crippen LogP contribution in [0.1, 0.15) is 6.42 Å². The van der Waals surface area contributed by atoms with E-state index in [-0.39, 0.29) is 6.54 Å². The Kier molecular flexibility index (Phi) is 3.68. The molecule has 96 valence electrons. The third-order valence-corrected chi connectivity index (χ3v) is 8.30. The summed E-state index contributed by atoms with van der Waals surface area (Å²) in [4.78, 5) is 0. The summed E-state index contributed by atoms with van der Waals surface area (Å²) in [6.45, 7) is 0.550. The van der Waals surface area contributed by atoms with E-state index in [4.69, 9.17) is 0 Å². The first-order valence-corrected chi connectivity index (χ1v) is 8.72. The molecular formula is C8H18N2O4S2. The average Bonchev–Trinajstić information content (AvgIpc) is 2.14. The Labute approximate surface area is 96.6 Å². The zero-order chi connectivity index (χ0) is 12.6. The van der Waals surface area contributed by atoms with E-state index >= 15 is 0 Å². The zero-order valence-electron chi connectivity index (χ0n) is 9.65. The first kappa shape index (κ1) is 13.9. The number of piperidine rings is 1. The molecule has 0 aromatic rings. The van der Waals surface area contributed by atoms with Gasteiger partial charge in [-0.2, -0.15) is 0 Å². The molecule has 0 radical (unpaired) electrons. The molecule has 0 amide bonds. The second kappa shape index (κ2) is 4.25. The molecule has 0 spiro atoms. The standard InChI is InChI=1S/C8H18N2O4S2/c1-9-7-4-5-10-6-8(7,15(2,11)12)16(3,13)14/h7,9-10H,4-6H2,1-3H3. The minimum absolute atomic E-state index is 0.0594. The maximum atomic E-state index is 11.9. The van der Waals surface area contributed by atoms with Gasteiger partial charge in [-0.25, -0.2) is 16.8 Å². The van der Waals surface area contributed by atoms with Crippen LogP contribution < -0.4 is 10.6 Å². The number of sulfone groups is 2. The lowest BCUT2D eigenvalue weighted by Crippen LogP contribution is -2.67. The van der Waals surface area contributed by atoms with Crippen molar-refractivity contribution < 1.29 is 16.8 Å². The molecule has 1 fully saturated rings. The van der Waals surface area contributed by atoms with Crippen LogP contribution in [0, 0.1) is 0 Å². The number of hydrogen-bond acceptors (Lipinski definition) is 6. The van der Waals surface area contributed by atoms with Gasteiger partial charge in [0.1, 0.15) is 0 Å². The Morgan fingerprint density at radius 2 is 1.69 bits per heavy atom. The molecule has 1 heterocycles. The van der Waals surface area contributed by atoms with Crippen LogP contribution >= 0.6 is 0 Å². The van der Waals surface area contributed by atoms with Gasteiger partial charge < -0.3 is 10.6 Å². The van der Waals surface area contributed by atoms with Crippen molar-refractivity contribution in [3.8, 4) is 0 Å². The summed E-state index contributed by atoms with van der Waals surface area (Å²) in [5.74, 6) is 0. The first-order valence-electron chi connectivity index (χ1n) is 4.94. The van der Waals surface area contributed by atoms with E-state index in [2.05, 4.69) is 10.6 Å². The molecule has 1 unspecified atom stereocenters. The predicted molar refractivity (Wildman–Crippen MR) is 62.8 cm³/mol. The van der Waals surface area contributed by atoms with Gasteiger partial charge in [-0.05, 0) is 20.0 Å². The molecule has 8 heteroatoms. The summed E-state index contributed by atoms with van der Waals surface area (Å²) in [6.07, 6.45) is 2.42. The van der Waals surface area contributed by atoms with Crippen molar-refractivity contribution in [1.82, 2.24) is 10.6 Å². The Balaban J connectivity index is 3.45. The van der Waals surface area contributed by atoms with Gasteiger partial charge in [-0.3, -0.25) is 0 Å². The van der Waals surface area contributed by atoms with Crippen molar-refractivity contribution in [2.75, 3.05) is 32.6 Å². The Bertz CT molecular complexity index is 422. The van der Waals surface area contributed by atoms with Gasteiger partial charge in [0.25, 0.3) is 0 Å². The maximum Gasteiger partial charge on any atom is 0.199 e. The minimum Gasteiger partial charge on any atom is -0.314 e. The van der Waals surface area contributed by atoms with Crippen LogP contribution in [0.3, 0.4) is 0 Å². The first-order chi connectivity index (χ1) is 7.17. The van der Waals surface area contributed by atoms with Crippen molar-refractivity contribution in [1.29, 1.82) is 0 Å². The van der Waals surface area contributed by atoms with E-state index < -0.39 is 29.8 Å². The quantitative estimate of drug-likeness (QED) is 0.638. The molecule has 1 rings (SSSR count). The number of rotatable bonds is 3. The smallest absolute Gasteiger partial charge is 0.199 e. The average molecular weight is 270 g/mol. The lowest BCUT2D eigenvalue weighted by Gasteiger charge is -2.40. The summed E-state index contributed by atoms with van der Waals surface area (Å²) in [5, 5.41) is 5.66. The molecule has 0 aromatic heterocycles. The Morgan fingerprint density at radius 1 is 1.19 bits per heavy atom. The minimum atomic E-state index is -3.72. The monoisotopic (exact) mass is 270 g/mol. The highest BCUT2D eigenvalue weighted by molar-refractivity contribution is 8.09.